The Morgan fingerprint density at radius 3 is 2.12 bits per heavy atom. The zero-order valence-corrected chi connectivity index (χ0v) is 36.6. The molecule has 17 nitrogen and oxygen atoms in total. The van der Waals surface area contributed by atoms with Crippen molar-refractivity contribution in [2.75, 3.05) is 48.3 Å². The molecule has 0 radical (unpaired) electrons. The molecule has 5 N–H and O–H groups in total. The molecule has 0 aromatic heterocycles. The molecule has 57 heavy (non-hydrogen) atoms. The predicted molar refractivity (Wildman–Crippen MR) is 208 cm³/mol. The van der Waals surface area contributed by atoms with Crippen LogP contribution in [0.2, 0.25) is 0 Å². The highest BCUT2D eigenvalue weighted by Crippen LogP contribution is 2.40. The Balaban J connectivity index is 2.19. The lowest BCUT2D eigenvalue weighted by Crippen LogP contribution is -2.61. The van der Waals surface area contributed by atoms with Gasteiger partial charge in [0.2, 0.25) is 6.79 Å². The minimum absolute atomic E-state index is 0.0323. The van der Waals surface area contributed by atoms with Gasteiger partial charge in [0.15, 0.2) is 12.6 Å². The maximum absolute atomic E-state index is 14.2. The molecule has 4 unspecified atom stereocenters. The van der Waals surface area contributed by atoms with E-state index in [9.17, 15) is 30.3 Å². The molecule has 3 aliphatic heterocycles. The number of carbonyl (C=O) groups is 1. The molecule has 18 atom stereocenters. The van der Waals surface area contributed by atoms with Gasteiger partial charge >= 0.3 is 5.97 Å². The van der Waals surface area contributed by atoms with Gasteiger partial charge in [-0.05, 0) is 75.4 Å². The Morgan fingerprint density at radius 2 is 1.53 bits per heavy atom. The van der Waals surface area contributed by atoms with Gasteiger partial charge in [0.25, 0.3) is 0 Å². The number of hydrogen-bond donors (Lipinski definition) is 5. The summed E-state index contributed by atoms with van der Waals surface area (Å²) in [7, 11) is 6.75. The van der Waals surface area contributed by atoms with Crippen LogP contribution in [0.4, 0.5) is 0 Å². The molecule has 0 amide bonds. The van der Waals surface area contributed by atoms with Crippen molar-refractivity contribution in [3.8, 4) is 0 Å². The number of rotatable bonds is 12. The number of aliphatic hydroxyl groups is 5. The Morgan fingerprint density at radius 1 is 0.877 bits per heavy atom. The second-order valence-electron chi connectivity index (χ2n) is 17.5. The molecule has 17 heteroatoms. The van der Waals surface area contributed by atoms with Crippen molar-refractivity contribution in [1.82, 2.24) is 4.90 Å². The van der Waals surface area contributed by atoms with Gasteiger partial charge in [-0.2, -0.15) is 0 Å². The Kier molecular flexibility index (Phi) is 18.2. The molecule has 0 bridgehead atoms. The number of methoxy groups -OCH3 is 2. The van der Waals surface area contributed by atoms with Crippen LogP contribution in [-0.4, -0.2) is 175 Å². The molecule has 3 aliphatic rings. The molecule has 0 aliphatic carbocycles. The monoisotopic (exact) mass is 823 g/mol. The van der Waals surface area contributed by atoms with Crippen molar-refractivity contribution in [2.24, 2.45) is 28.8 Å². The van der Waals surface area contributed by atoms with Crippen LogP contribution in [-0.2, 0) is 47.5 Å². The number of nitrogens with zero attached hydrogens (tertiary/aromatic N) is 2. The Hall–Kier alpha value is -1.58. The quantitative estimate of drug-likeness (QED) is 0.0821. The molecule has 334 valence electrons. The van der Waals surface area contributed by atoms with Crippen LogP contribution >= 0.6 is 0 Å². The lowest BCUT2D eigenvalue weighted by molar-refractivity contribution is -0.317. The van der Waals surface area contributed by atoms with E-state index in [1.807, 2.05) is 25.9 Å². The minimum Gasteiger partial charge on any atom is -0.459 e. The molecule has 0 aromatic rings. The number of cyclic esters (lactones) is 1. The van der Waals surface area contributed by atoms with Crippen molar-refractivity contribution in [3.05, 3.63) is 0 Å². The van der Waals surface area contributed by atoms with Gasteiger partial charge in [0.1, 0.15) is 23.9 Å². The van der Waals surface area contributed by atoms with E-state index in [1.165, 1.54) is 21.0 Å². The van der Waals surface area contributed by atoms with Crippen LogP contribution in [0.25, 0.3) is 0 Å². The van der Waals surface area contributed by atoms with Gasteiger partial charge in [-0.15, -0.1) is 0 Å². The number of esters is 1. The zero-order chi connectivity index (χ0) is 43.2. The van der Waals surface area contributed by atoms with Crippen LogP contribution in [0.3, 0.4) is 0 Å². The lowest BCUT2D eigenvalue weighted by Gasteiger charge is -2.49. The predicted octanol–water partition coefficient (Wildman–Crippen LogP) is 1.82. The standard InChI is InChI=1S/C40H74N2O15/c1-21-18-38(8,47)35(57-37-31(43)28(42(11)12)17-22(2)53-37)24(4)32(56-29-19-39(9,50-14)34(45)26(6)54-29)25(5)36(46)55-27(7)40(10,48)33(44)23(3)30(21)41-52-20-51-16-15-49-13/h21-29,31-35,37,43-45,47-48H,15-20H2,1-14H3/b41-30+/t21-,22-,23+,24+,25-,26-,27-,28?,29-,31?,32+,33-,34?,35-,37+,38-,39?,40-/m1/s1. The van der Waals surface area contributed by atoms with Crippen LogP contribution in [0.5, 0.6) is 0 Å². The van der Waals surface area contributed by atoms with E-state index in [4.69, 9.17) is 42.7 Å². The van der Waals surface area contributed by atoms with E-state index >= 15 is 0 Å². The normalized spacial score (nSPS) is 46.4. The smallest absolute Gasteiger partial charge is 0.311 e. The van der Waals surface area contributed by atoms with Crippen LogP contribution in [0, 0.1) is 23.7 Å². The summed E-state index contributed by atoms with van der Waals surface area (Å²) in [5.74, 6) is -4.16. The fourth-order valence-corrected chi connectivity index (χ4v) is 8.52. The number of aliphatic hydroxyl groups excluding tert-OH is 3. The second-order valence-corrected chi connectivity index (χ2v) is 17.5. The van der Waals surface area contributed by atoms with Crippen LogP contribution < -0.4 is 0 Å². The minimum atomic E-state index is -1.98. The number of oxime groups is 1. The first kappa shape index (κ1) is 49.8. The number of carbonyl (C=O) groups excluding carboxylic acids is 1. The fraction of sp³-hybridized carbons (Fsp3) is 0.950. The van der Waals surface area contributed by atoms with Crippen molar-refractivity contribution < 1.29 is 73.1 Å². The van der Waals surface area contributed by atoms with Crippen molar-refractivity contribution in [2.45, 2.75) is 173 Å². The Labute approximate surface area is 339 Å². The summed E-state index contributed by atoms with van der Waals surface area (Å²) in [6.45, 7) is 17.0. The van der Waals surface area contributed by atoms with Crippen LogP contribution in [0.1, 0.15) is 88.5 Å². The molecule has 3 saturated heterocycles. The number of ether oxygens (including phenoxy) is 8. The third kappa shape index (κ3) is 12.0. The first-order valence-electron chi connectivity index (χ1n) is 20.2. The van der Waals surface area contributed by atoms with E-state index in [1.54, 1.807) is 55.6 Å². The summed E-state index contributed by atoms with van der Waals surface area (Å²) in [4.78, 5) is 21.6. The van der Waals surface area contributed by atoms with Crippen molar-refractivity contribution >= 4 is 11.7 Å². The highest BCUT2D eigenvalue weighted by atomic mass is 16.7. The van der Waals surface area contributed by atoms with Crippen LogP contribution in [0.15, 0.2) is 5.16 Å². The maximum atomic E-state index is 14.2. The zero-order valence-electron chi connectivity index (χ0n) is 36.6. The Bertz CT molecular complexity index is 1290. The van der Waals surface area contributed by atoms with E-state index in [2.05, 4.69) is 5.16 Å². The highest BCUT2D eigenvalue weighted by molar-refractivity contribution is 5.88. The molecular formula is C40H74N2O15. The third-order valence-corrected chi connectivity index (χ3v) is 12.4. The number of likely N-dealkylation sites (N-methyl/N-ethyl adjacent to an activating group) is 1. The molecule has 3 rings (SSSR count). The average Bonchev–Trinajstić information content (AvgIpc) is 3.13. The summed E-state index contributed by atoms with van der Waals surface area (Å²) in [5.41, 5.74) is -4.51. The van der Waals surface area contributed by atoms with Gasteiger partial charge in [-0.3, -0.25) is 4.79 Å². The second kappa shape index (κ2) is 20.8. The number of hydrogen-bond acceptors (Lipinski definition) is 17. The highest BCUT2D eigenvalue weighted by Gasteiger charge is 2.53. The van der Waals surface area contributed by atoms with Gasteiger partial charge in [0.05, 0.1) is 66.6 Å². The molecule has 0 saturated carbocycles. The van der Waals surface area contributed by atoms with E-state index in [-0.39, 0.29) is 38.4 Å². The molecule has 0 spiro atoms. The van der Waals surface area contributed by atoms with Gasteiger partial charge in [0, 0.05) is 44.4 Å². The molecule has 3 heterocycles. The summed E-state index contributed by atoms with van der Waals surface area (Å²) < 4.78 is 47.8. The average molecular weight is 823 g/mol. The first-order chi connectivity index (χ1) is 26.4. The maximum Gasteiger partial charge on any atom is 0.311 e. The molecule has 0 aromatic carbocycles. The van der Waals surface area contributed by atoms with Crippen molar-refractivity contribution in [1.29, 1.82) is 0 Å². The summed E-state index contributed by atoms with van der Waals surface area (Å²) >= 11 is 0. The summed E-state index contributed by atoms with van der Waals surface area (Å²) in [6.07, 6.45) is -9.70. The SMILES string of the molecule is COCCOCO/N=C1\[C@H](C)C[C@@](C)(O)[C@H](O[C@@H]2O[C@H](C)CC(N(C)C)C2O)[C@@H](C)[C@H](O[C@@H]2CC(C)(OC)C(O)[C@@H](C)O2)[C@@H](C)C(=O)O[C@H](C)[C@@](C)(O)[C@H](O)[C@H]1C. The van der Waals surface area contributed by atoms with Crippen molar-refractivity contribution in [3.63, 3.8) is 0 Å². The van der Waals surface area contributed by atoms with Gasteiger partial charge in [-0.25, -0.2) is 0 Å². The van der Waals surface area contributed by atoms with E-state index in [0.717, 1.165) is 0 Å². The lowest BCUT2D eigenvalue weighted by atomic mass is 9.74. The molecular weight excluding hydrogens is 748 g/mol. The largest absolute Gasteiger partial charge is 0.459 e. The third-order valence-electron chi connectivity index (χ3n) is 12.4. The first-order valence-corrected chi connectivity index (χ1v) is 20.2. The summed E-state index contributed by atoms with van der Waals surface area (Å²) in [6, 6.07) is -0.328. The topological polar surface area (TPSA) is 217 Å². The molecule has 3 fully saturated rings. The fourth-order valence-electron chi connectivity index (χ4n) is 8.52. The summed E-state index contributed by atoms with van der Waals surface area (Å²) in [5, 5.41) is 63.1. The van der Waals surface area contributed by atoms with E-state index < -0.39 is 102 Å². The van der Waals surface area contributed by atoms with Gasteiger partial charge in [-0.1, -0.05) is 25.9 Å². The van der Waals surface area contributed by atoms with Gasteiger partial charge < -0.3 is 73.2 Å². The van der Waals surface area contributed by atoms with E-state index in [0.29, 0.717) is 18.7 Å².